The van der Waals surface area contributed by atoms with Crippen molar-refractivity contribution in [2.24, 2.45) is 5.92 Å². The number of hydrogen-bond donors (Lipinski definition) is 1. The van der Waals surface area contributed by atoms with Crippen LogP contribution in [0.25, 0.3) is 0 Å². The highest BCUT2D eigenvalue weighted by molar-refractivity contribution is 5.85. The molecule has 0 bridgehead atoms. The molecular weight excluding hydrogens is 298 g/mol. The molecule has 1 aliphatic rings. The van der Waals surface area contributed by atoms with Crippen LogP contribution >= 0.6 is 0 Å². The van der Waals surface area contributed by atoms with Crippen LogP contribution in [-0.4, -0.2) is 49.1 Å². The Bertz CT molecular complexity index is 572. The number of piperazine rings is 1. The maximum atomic E-state index is 12.6. The van der Waals surface area contributed by atoms with Crippen molar-refractivity contribution < 1.29 is 4.79 Å². The molecule has 1 aromatic rings. The molecule has 0 atom stereocenters. The lowest BCUT2D eigenvalue weighted by atomic mass is 9.99. The fraction of sp³-hybridized carbons (Fsp3) is 0.650. The molecule has 1 heterocycles. The molecule has 1 amide bonds. The normalized spacial score (nSPS) is 16.5. The number of amides is 1. The fourth-order valence-electron chi connectivity index (χ4n) is 3.24. The molecular formula is C20H33N3O. The third kappa shape index (κ3) is 4.10. The Morgan fingerprint density at radius 3 is 2.38 bits per heavy atom. The van der Waals surface area contributed by atoms with E-state index in [0.29, 0.717) is 5.92 Å². The van der Waals surface area contributed by atoms with Crippen molar-refractivity contribution in [3.05, 3.63) is 29.3 Å². The summed E-state index contributed by atoms with van der Waals surface area (Å²) in [6.45, 7) is 17.2. The topological polar surface area (TPSA) is 35.6 Å². The van der Waals surface area contributed by atoms with Crippen molar-refractivity contribution in [1.29, 1.82) is 0 Å². The second-order valence-corrected chi connectivity index (χ2v) is 7.86. The zero-order valence-corrected chi connectivity index (χ0v) is 16.1. The van der Waals surface area contributed by atoms with Crippen molar-refractivity contribution >= 4 is 11.6 Å². The van der Waals surface area contributed by atoms with Crippen molar-refractivity contribution in [3.63, 3.8) is 0 Å². The molecule has 24 heavy (non-hydrogen) atoms. The first-order chi connectivity index (χ1) is 11.2. The molecule has 134 valence electrons. The Kier molecular flexibility index (Phi) is 5.92. The minimum atomic E-state index is -0.456. The van der Waals surface area contributed by atoms with E-state index in [9.17, 15) is 4.79 Å². The largest absolute Gasteiger partial charge is 0.369 e. The van der Waals surface area contributed by atoms with E-state index in [1.165, 1.54) is 16.8 Å². The highest BCUT2D eigenvalue weighted by atomic mass is 16.2. The fourth-order valence-corrected chi connectivity index (χ4v) is 3.24. The van der Waals surface area contributed by atoms with Gasteiger partial charge in [0.25, 0.3) is 0 Å². The number of anilines is 1. The number of hydrogen-bond acceptors (Lipinski definition) is 3. The van der Waals surface area contributed by atoms with Crippen LogP contribution in [0, 0.1) is 19.8 Å². The summed E-state index contributed by atoms with van der Waals surface area (Å²) in [6, 6.07) is 6.50. The van der Waals surface area contributed by atoms with E-state index in [1.807, 2.05) is 13.8 Å². The van der Waals surface area contributed by atoms with Crippen LogP contribution in [0.4, 0.5) is 5.69 Å². The summed E-state index contributed by atoms with van der Waals surface area (Å²) in [5, 5.41) is 3.08. The van der Waals surface area contributed by atoms with Crippen molar-refractivity contribution in [1.82, 2.24) is 10.2 Å². The molecule has 1 aromatic carbocycles. The van der Waals surface area contributed by atoms with Gasteiger partial charge in [0.15, 0.2) is 0 Å². The number of nitrogens with one attached hydrogen (secondary N) is 1. The van der Waals surface area contributed by atoms with Crippen molar-refractivity contribution in [3.8, 4) is 0 Å². The first-order valence-corrected chi connectivity index (χ1v) is 9.08. The van der Waals surface area contributed by atoms with E-state index in [-0.39, 0.29) is 5.91 Å². The molecule has 1 N–H and O–H groups in total. The molecule has 0 aliphatic carbocycles. The maximum Gasteiger partial charge on any atom is 0.239 e. The Morgan fingerprint density at radius 1 is 1.17 bits per heavy atom. The second-order valence-electron chi connectivity index (χ2n) is 7.86. The lowest BCUT2D eigenvalue weighted by molar-refractivity contribution is -0.132. The summed E-state index contributed by atoms with van der Waals surface area (Å²) in [5.74, 6) is 0.613. The maximum absolute atomic E-state index is 12.6. The van der Waals surface area contributed by atoms with Gasteiger partial charge < -0.3 is 10.2 Å². The van der Waals surface area contributed by atoms with Gasteiger partial charge in [0, 0.05) is 38.4 Å². The van der Waals surface area contributed by atoms with Gasteiger partial charge in [-0.05, 0) is 50.8 Å². The van der Waals surface area contributed by atoms with E-state index in [4.69, 9.17) is 0 Å². The van der Waals surface area contributed by atoms with Gasteiger partial charge in [0.2, 0.25) is 5.91 Å². The molecule has 0 spiro atoms. The molecule has 0 aromatic heterocycles. The van der Waals surface area contributed by atoms with E-state index < -0.39 is 5.54 Å². The van der Waals surface area contributed by atoms with Crippen LogP contribution in [0.5, 0.6) is 0 Å². The molecule has 4 nitrogen and oxygen atoms in total. The van der Waals surface area contributed by atoms with Gasteiger partial charge in [-0.1, -0.05) is 26.0 Å². The number of carbonyl (C=O) groups is 1. The number of aryl methyl sites for hydroxylation is 1. The molecule has 4 heteroatoms. The number of carbonyl (C=O) groups excluding carboxylic acids is 1. The van der Waals surface area contributed by atoms with Crippen molar-refractivity contribution in [2.75, 3.05) is 37.6 Å². The van der Waals surface area contributed by atoms with Crippen LogP contribution in [0.2, 0.25) is 0 Å². The zero-order chi connectivity index (χ0) is 17.9. The molecule has 1 aliphatic heterocycles. The van der Waals surface area contributed by atoms with Gasteiger partial charge in [0.05, 0.1) is 5.54 Å². The van der Waals surface area contributed by atoms with Gasteiger partial charge in [-0.3, -0.25) is 9.69 Å². The van der Waals surface area contributed by atoms with Crippen LogP contribution in [0.3, 0.4) is 0 Å². The molecule has 1 saturated heterocycles. The van der Waals surface area contributed by atoms with E-state index in [2.05, 4.69) is 61.0 Å². The summed E-state index contributed by atoms with van der Waals surface area (Å²) in [5.41, 5.74) is 3.57. The minimum Gasteiger partial charge on any atom is -0.369 e. The molecule has 2 rings (SSSR count). The summed E-state index contributed by atoms with van der Waals surface area (Å²) in [4.78, 5) is 17.3. The third-order valence-corrected chi connectivity index (χ3v) is 5.21. The van der Waals surface area contributed by atoms with Gasteiger partial charge in [-0.25, -0.2) is 0 Å². The minimum absolute atomic E-state index is 0.136. The lowest BCUT2D eigenvalue weighted by Crippen LogP contribution is -2.61. The highest BCUT2D eigenvalue weighted by Crippen LogP contribution is 2.25. The van der Waals surface area contributed by atoms with E-state index in [0.717, 1.165) is 32.7 Å². The molecule has 0 unspecified atom stereocenters. The quantitative estimate of drug-likeness (QED) is 0.901. The van der Waals surface area contributed by atoms with E-state index in [1.54, 1.807) is 0 Å². The van der Waals surface area contributed by atoms with Gasteiger partial charge in [-0.15, -0.1) is 0 Å². The number of benzene rings is 1. The SMILES string of the molecule is Cc1cccc(N2CCN(C(C)(C)C(=O)NCC(C)C)CC2)c1C. The average molecular weight is 332 g/mol. The standard InChI is InChI=1S/C20H33N3O/c1-15(2)14-21-19(24)20(5,6)23-12-10-22(11-13-23)18-9-7-8-16(3)17(18)4/h7-9,15H,10-14H2,1-6H3,(H,21,24). The second kappa shape index (κ2) is 7.56. The summed E-state index contributed by atoms with van der Waals surface area (Å²) >= 11 is 0. The van der Waals surface area contributed by atoms with Crippen LogP contribution in [0.1, 0.15) is 38.8 Å². The molecule has 0 saturated carbocycles. The predicted octanol–water partition coefficient (Wildman–Crippen LogP) is 2.98. The average Bonchev–Trinajstić information content (AvgIpc) is 2.55. The molecule has 0 radical (unpaired) electrons. The first kappa shape index (κ1) is 18.8. The van der Waals surface area contributed by atoms with Crippen LogP contribution in [0.15, 0.2) is 18.2 Å². The third-order valence-electron chi connectivity index (χ3n) is 5.21. The summed E-state index contributed by atoms with van der Waals surface area (Å²) in [7, 11) is 0. The first-order valence-electron chi connectivity index (χ1n) is 9.08. The Morgan fingerprint density at radius 2 is 1.79 bits per heavy atom. The van der Waals surface area contributed by atoms with Crippen LogP contribution in [-0.2, 0) is 4.79 Å². The molecule has 1 fully saturated rings. The number of rotatable bonds is 5. The lowest BCUT2D eigenvalue weighted by Gasteiger charge is -2.44. The Balaban J connectivity index is 1.98. The summed E-state index contributed by atoms with van der Waals surface area (Å²) < 4.78 is 0. The zero-order valence-electron chi connectivity index (χ0n) is 16.1. The highest BCUT2D eigenvalue weighted by Gasteiger charge is 2.36. The monoisotopic (exact) mass is 331 g/mol. The Hall–Kier alpha value is -1.55. The van der Waals surface area contributed by atoms with Gasteiger partial charge >= 0.3 is 0 Å². The van der Waals surface area contributed by atoms with Gasteiger partial charge in [-0.2, -0.15) is 0 Å². The van der Waals surface area contributed by atoms with Gasteiger partial charge in [0.1, 0.15) is 0 Å². The summed E-state index contributed by atoms with van der Waals surface area (Å²) in [6.07, 6.45) is 0. The Labute approximate surface area is 147 Å². The smallest absolute Gasteiger partial charge is 0.239 e. The van der Waals surface area contributed by atoms with Crippen molar-refractivity contribution in [2.45, 2.75) is 47.1 Å². The van der Waals surface area contributed by atoms with E-state index >= 15 is 0 Å². The van der Waals surface area contributed by atoms with Crippen LogP contribution < -0.4 is 10.2 Å². The predicted molar refractivity (Wildman–Crippen MR) is 102 cm³/mol. The number of nitrogens with zero attached hydrogens (tertiary/aromatic N) is 2.